The molecule has 118 valence electrons. The quantitative estimate of drug-likeness (QED) is 0.626. The minimum atomic E-state index is -0.594. The van der Waals surface area contributed by atoms with Gasteiger partial charge in [-0.3, -0.25) is 9.69 Å². The van der Waals surface area contributed by atoms with Gasteiger partial charge in [0.05, 0.1) is 6.61 Å². The van der Waals surface area contributed by atoms with Gasteiger partial charge in [-0.2, -0.15) is 0 Å². The van der Waals surface area contributed by atoms with Crippen LogP contribution < -0.4 is 5.32 Å². The monoisotopic (exact) mass is 284 g/mol. The minimum absolute atomic E-state index is 0.122. The molecule has 0 amide bonds. The molecule has 1 saturated carbocycles. The molecule has 0 aromatic heterocycles. The standard InChI is InChI=1S/C16H32N2O2/c1-6-10-17-16(5,15(19)20-7-2)12-18(11-13(3)4)14-8-9-14/h13-14,17H,6-12H2,1-5H3. The molecule has 20 heavy (non-hydrogen) atoms. The lowest BCUT2D eigenvalue weighted by molar-refractivity contribution is -0.151. The molecule has 0 spiro atoms. The second-order valence-electron chi connectivity index (χ2n) is 6.53. The molecule has 1 atom stereocenters. The normalized spacial score (nSPS) is 18.4. The van der Waals surface area contributed by atoms with E-state index in [1.165, 1.54) is 12.8 Å². The Kier molecular flexibility index (Phi) is 6.96. The van der Waals surface area contributed by atoms with E-state index < -0.39 is 5.54 Å². The number of nitrogens with one attached hydrogen (secondary N) is 1. The summed E-state index contributed by atoms with van der Waals surface area (Å²) in [4.78, 5) is 14.8. The Morgan fingerprint density at radius 1 is 1.40 bits per heavy atom. The summed E-state index contributed by atoms with van der Waals surface area (Å²) in [5, 5.41) is 3.40. The van der Waals surface area contributed by atoms with Crippen molar-refractivity contribution in [1.82, 2.24) is 10.2 Å². The lowest BCUT2D eigenvalue weighted by Gasteiger charge is -2.35. The first-order valence-electron chi connectivity index (χ1n) is 8.09. The molecule has 0 heterocycles. The highest BCUT2D eigenvalue weighted by molar-refractivity contribution is 5.80. The number of hydrogen-bond acceptors (Lipinski definition) is 4. The summed E-state index contributed by atoms with van der Waals surface area (Å²) in [5.41, 5.74) is -0.594. The van der Waals surface area contributed by atoms with Crippen LogP contribution in [0.5, 0.6) is 0 Å². The first-order chi connectivity index (χ1) is 9.42. The van der Waals surface area contributed by atoms with Gasteiger partial charge in [-0.25, -0.2) is 0 Å². The molecule has 0 radical (unpaired) electrons. The molecular formula is C16H32N2O2. The molecule has 0 aliphatic heterocycles. The first-order valence-corrected chi connectivity index (χ1v) is 8.09. The topological polar surface area (TPSA) is 41.6 Å². The van der Waals surface area contributed by atoms with Gasteiger partial charge in [-0.05, 0) is 45.6 Å². The summed E-state index contributed by atoms with van der Waals surface area (Å²) < 4.78 is 5.28. The largest absolute Gasteiger partial charge is 0.465 e. The third-order valence-corrected chi connectivity index (χ3v) is 3.67. The lowest BCUT2D eigenvalue weighted by atomic mass is 10.0. The maximum absolute atomic E-state index is 12.3. The number of hydrogen-bond donors (Lipinski definition) is 1. The summed E-state index contributed by atoms with van der Waals surface area (Å²) in [6, 6.07) is 0.662. The molecular weight excluding hydrogens is 252 g/mol. The maximum Gasteiger partial charge on any atom is 0.327 e. The van der Waals surface area contributed by atoms with Crippen molar-refractivity contribution < 1.29 is 9.53 Å². The Balaban J connectivity index is 2.72. The minimum Gasteiger partial charge on any atom is -0.465 e. The maximum atomic E-state index is 12.3. The smallest absolute Gasteiger partial charge is 0.327 e. The fourth-order valence-corrected chi connectivity index (χ4v) is 2.54. The fourth-order valence-electron chi connectivity index (χ4n) is 2.54. The Morgan fingerprint density at radius 3 is 2.50 bits per heavy atom. The van der Waals surface area contributed by atoms with Crippen molar-refractivity contribution in [2.75, 3.05) is 26.2 Å². The van der Waals surface area contributed by atoms with E-state index in [-0.39, 0.29) is 5.97 Å². The number of esters is 1. The van der Waals surface area contributed by atoms with Gasteiger partial charge in [-0.15, -0.1) is 0 Å². The average Bonchev–Trinajstić information content (AvgIpc) is 3.19. The lowest BCUT2D eigenvalue weighted by Crippen LogP contribution is -2.58. The molecule has 1 unspecified atom stereocenters. The summed E-state index contributed by atoms with van der Waals surface area (Å²) >= 11 is 0. The summed E-state index contributed by atoms with van der Waals surface area (Å²) in [6.07, 6.45) is 3.54. The number of rotatable bonds is 10. The predicted octanol–water partition coefficient (Wildman–Crippen LogP) is 2.43. The Hall–Kier alpha value is -0.610. The molecule has 1 rings (SSSR count). The van der Waals surface area contributed by atoms with E-state index in [0.29, 0.717) is 18.6 Å². The molecule has 1 N–H and O–H groups in total. The van der Waals surface area contributed by atoms with Gasteiger partial charge in [-0.1, -0.05) is 20.8 Å². The summed E-state index contributed by atoms with van der Waals surface area (Å²) in [5.74, 6) is 0.496. The number of carbonyl (C=O) groups is 1. The average molecular weight is 284 g/mol. The van der Waals surface area contributed by atoms with Crippen LogP contribution in [0.3, 0.4) is 0 Å². The second-order valence-corrected chi connectivity index (χ2v) is 6.53. The highest BCUT2D eigenvalue weighted by atomic mass is 16.5. The molecule has 1 aliphatic rings. The van der Waals surface area contributed by atoms with Gasteiger partial charge < -0.3 is 10.1 Å². The SMILES string of the molecule is CCCNC(C)(CN(CC(C)C)C1CC1)C(=O)OCC. The van der Waals surface area contributed by atoms with Crippen molar-refractivity contribution in [2.24, 2.45) is 5.92 Å². The van der Waals surface area contributed by atoms with Crippen LogP contribution in [0.25, 0.3) is 0 Å². The van der Waals surface area contributed by atoms with Crippen molar-refractivity contribution >= 4 is 5.97 Å². The molecule has 0 saturated heterocycles. The van der Waals surface area contributed by atoms with Gasteiger partial charge in [0.25, 0.3) is 0 Å². The van der Waals surface area contributed by atoms with E-state index in [9.17, 15) is 4.79 Å². The van der Waals surface area contributed by atoms with Gasteiger partial charge in [0.2, 0.25) is 0 Å². The van der Waals surface area contributed by atoms with Crippen LogP contribution in [0.1, 0.15) is 53.9 Å². The zero-order valence-corrected chi connectivity index (χ0v) is 13.9. The highest BCUT2D eigenvalue weighted by Gasteiger charge is 2.40. The van der Waals surface area contributed by atoms with Gasteiger partial charge >= 0.3 is 5.97 Å². The van der Waals surface area contributed by atoms with Crippen molar-refractivity contribution in [2.45, 2.75) is 65.5 Å². The van der Waals surface area contributed by atoms with E-state index >= 15 is 0 Å². The molecule has 4 nitrogen and oxygen atoms in total. The van der Waals surface area contributed by atoms with Gasteiger partial charge in [0.1, 0.15) is 5.54 Å². The van der Waals surface area contributed by atoms with Crippen LogP contribution in [0.2, 0.25) is 0 Å². The molecule has 0 aromatic carbocycles. The third kappa shape index (κ3) is 5.41. The van der Waals surface area contributed by atoms with Crippen molar-refractivity contribution in [3.63, 3.8) is 0 Å². The van der Waals surface area contributed by atoms with Gasteiger partial charge in [0, 0.05) is 19.1 Å². The van der Waals surface area contributed by atoms with Crippen LogP contribution in [-0.2, 0) is 9.53 Å². The first kappa shape index (κ1) is 17.4. The summed E-state index contributed by atoms with van der Waals surface area (Å²) in [7, 11) is 0. The van der Waals surface area contributed by atoms with Crippen LogP contribution in [0.15, 0.2) is 0 Å². The fraction of sp³-hybridized carbons (Fsp3) is 0.938. The molecule has 0 aromatic rings. The zero-order chi connectivity index (χ0) is 15.2. The van der Waals surface area contributed by atoms with Gasteiger partial charge in [0.15, 0.2) is 0 Å². The van der Waals surface area contributed by atoms with Crippen molar-refractivity contribution in [3.05, 3.63) is 0 Å². The van der Waals surface area contributed by atoms with E-state index in [2.05, 4.69) is 31.0 Å². The number of carbonyl (C=O) groups excluding carboxylic acids is 1. The molecule has 4 heteroatoms. The summed E-state index contributed by atoms with van der Waals surface area (Å²) in [6.45, 7) is 13.5. The zero-order valence-electron chi connectivity index (χ0n) is 13.9. The number of nitrogens with zero attached hydrogens (tertiary/aromatic N) is 1. The van der Waals surface area contributed by atoms with Crippen LogP contribution in [-0.4, -0.2) is 48.7 Å². The number of ether oxygens (including phenoxy) is 1. The van der Waals surface area contributed by atoms with Crippen molar-refractivity contribution in [1.29, 1.82) is 0 Å². The van der Waals surface area contributed by atoms with E-state index in [1.807, 2.05) is 13.8 Å². The van der Waals surface area contributed by atoms with Crippen LogP contribution >= 0.6 is 0 Å². The second kappa shape index (κ2) is 7.99. The van der Waals surface area contributed by atoms with Crippen molar-refractivity contribution in [3.8, 4) is 0 Å². The van der Waals surface area contributed by atoms with Crippen LogP contribution in [0.4, 0.5) is 0 Å². The molecule has 1 aliphatic carbocycles. The Bertz CT molecular complexity index is 303. The molecule has 1 fully saturated rings. The Morgan fingerprint density at radius 2 is 2.05 bits per heavy atom. The molecule has 0 bridgehead atoms. The third-order valence-electron chi connectivity index (χ3n) is 3.67. The highest BCUT2D eigenvalue weighted by Crippen LogP contribution is 2.29. The Labute approximate surface area is 124 Å². The van der Waals surface area contributed by atoms with E-state index in [1.54, 1.807) is 0 Å². The van der Waals surface area contributed by atoms with E-state index in [0.717, 1.165) is 26.1 Å². The van der Waals surface area contributed by atoms with Crippen LogP contribution in [0, 0.1) is 5.92 Å². The predicted molar refractivity (Wildman–Crippen MR) is 82.8 cm³/mol. The van der Waals surface area contributed by atoms with E-state index in [4.69, 9.17) is 4.74 Å².